The molecule has 0 aliphatic heterocycles. The van der Waals surface area contributed by atoms with Gasteiger partial charge in [-0.2, -0.15) is 0 Å². The number of carbonyl (C=O) groups excluding carboxylic acids is 1. The molecule has 4 nitrogen and oxygen atoms in total. The van der Waals surface area contributed by atoms with Crippen molar-refractivity contribution in [2.24, 2.45) is 11.8 Å². The summed E-state index contributed by atoms with van der Waals surface area (Å²) < 4.78 is 5.19. The minimum absolute atomic E-state index is 0.244. The van der Waals surface area contributed by atoms with Crippen molar-refractivity contribution in [3.8, 4) is 5.75 Å². The largest absolute Gasteiger partial charge is 0.496 e. The van der Waals surface area contributed by atoms with Gasteiger partial charge in [0.1, 0.15) is 11.7 Å². The van der Waals surface area contributed by atoms with Crippen LogP contribution in [0, 0.1) is 25.7 Å². The van der Waals surface area contributed by atoms with E-state index in [4.69, 9.17) is 4.74 Å². The third kappa shape index (κ3) is 3.13. The van der Waals surface area contributed by atoms with E-state index in [9.17, 15) is 14.7 Å². The molecule has 1 aromatic rings. The number of aliphatic carboxylic acids is 1. The molecule has 104 valence electrons. The molecule has 1 atom stereocenters. The molecule has 19 heavy (non-hydrogen) atoms. The second-order valence-corrected chi connectivity index (χ2v) is 5.06. The first kappa shape index (κ1) is 15.2. The fourth-order valence-electron chi connectivity index (χ4n) is 2.14. The minimum Gasteiger partial charge on any atom is -0.496 e. The maximum absolute atomic E-state index is 12.4. The van der Waals surface area contributed by atoms with Crippen molar-refractivity contribution in [1.82, 2.24) is 0 Å². The molecule has 0 aliphatic carbocycles. The number of Topliss-reactive ketones (excluding diaryl/α,β-unsaturated/α-hetero) is 1. The van der Waals surface area contributed by atoms with Crippen molar-refractivity contribution in [2.75, 3.05) is 7.11 Å². The fraction of sp³-hybridized carbons (Fsp3) is 0.467. The number of benzene rings is 1. The molecule has 1 rings (SSSR count). The van der Waals surface area contributed by atoms with Crippen molar-refractivity contribution in [3.63, 3.8) is 0 Å². The molecule has 1 aromatic carbocycles. The Morgan fingerprint density at radius 1 is 1.16 bits per heavy atom. The van der Waals surface area contributed by atoms with Gasteiger partial charge in [-0.25, -0.2) is 0 Å². The maximum Gasteiger partial charge on any atom is 0.314 e. The quantitative estimate of drug-likeness (QED) is 0.656. The number of ether oxygens (including phenoxy) is 1. The van der Waals surface area contributed by atoms with Gasteiger partial charge in [0.25, 0.3) is 0 Å². The molecular weight excluding hydrogens is 244 g/mol. The zero-order valence-corrected chi connectivity index (χ0v) is 12.0. The SMILES string of the molecule is COc1cc(C)c(C(=O)C(C(=O)O)C(C)C)cc1C. The predicted octanol–water partition coefficient (Wildman–Crippen LogP) is 2.85. The smallest absolute Gasteiger partial charge is 0.314 e. The molecular formula is C15H20O4. The van der Waals surface area contributed by atoms with Gasteiger partial charge in [-0.15, -0.1) is 0 Å². The Bertz CT molecular complexity index is 503. The van der Waals surface area contributed by atoms with E-state index in [1.165, 1.54) is 0 Å². The molecule has 1 unspecified atom stereocenters. The Balaban J connectivity index is 3.26. The lowest BCUT2D eigenvalue weighted by atomic mass is 9.86. The average molecular weight is 264 g/mol. The van der Waals surface area contributed by atoms with Crippen LogP contribution in [-0.4, -0.2) is 24.0 Å². The maximum atomic E-state index is 12.4. The van der Waals surface area contributed by atoms with Gasteiger partial charge in [-0.3, -0.25) is 9.59 Å². The number of carboxylic acids is 1. The Morgan fingerprint density at radius 3 is 2.16 bits per heavy atom. The Hall–Kier alpha value is -1.84. The zero-order valence-electron chi connectivity index (χ0n) is 12.0. The lowest BCUT2D eigenvalue weighted by Gasteiger charge is -2.17. The van der Waals surface area contributed by atoms with Crippen LogP contribution in [0.5, 0.6) is 5.75 Å². The summed E-state index contributed by atoms with van der Waals surface area (Å²) in [4.78, 5) is 23.6. The molecule has 0 spiro atoms. The van der Waals surface area contributed by atoms with Crippen LogP contribution in [0.15, 0.2) is 12.1 Å². The number of carboxylic acid groups (broad SMARTS) is 1. The van der Waals surface area contributed by atoms with E-state index >= 15 is 0 Å². The fourth-order valence-corrected chi connectivity index (χ4v) is 2.14. The van der Waals surface area contributed by atoms with Crippen molar-refractivity contribution >= 4 is 11.8 Å². The monoisotopic (exact) mass is 264 g/mol. The van der Waals surface area contributed by atoms with Crippen molar-refractivity contribution < 1.29 is 19.4 Å². The molecule has 1 N–H and O–H groups in total. The lowest BCUT2D eigenvalue weighted by Crippen LogP contribution is -2.29. The first-order valence-electron chi connectivity index (χ1n) is 6.21. The van der Waals surface area contributed by atoms with Gasteiger partial charge < -0.3 is 9.84 Å². The van der Waals surface area contributed by atoms with Crippen molar-refractivity contribution in [1.29, 1.82) is 0 Å². The van der Waals surface area contributed by atoms with Gasteiger partial charge in [-0.1, -0.05) is 13.8 Å². The van der Waals surface area contributed by atoms with Gasteiger partial charge in [0.2, 0.25) is 0 Å². The van der Waals surface area contributed by atoms with Crippen LogP contribution in [0.1, 0.15) is 35.3 Å². The molecule has 0 amide bonds. The average Bonchev–Trinajstić information content (AvgIpc) is 2.30. The first-order chi connectivity index (χ1) is 8.79. The van der Waals surface area contributed by atoms with Crippen LogP contribution in [0.25, 0.3) is 0 Å². The van der Waals surface area contributed by atoms with E-state index in [1.54, 1.807) is 40.0 Å². The Morgan fingerprint density at radius 2 is 1.74 bits per heavy atom. The number of hydrogen-bond acceptors (Lipinski definition) is 3. The second-order valence-electron chi connectivity index (χ2n) is 5.06. The highest BCUT2D eigenvalue weighted by Crippen LogP contribution is 2.26. The van der Waals surface area contributed by atoms with E-state index in [-0.39, 0.29) is 11.7 Å². The van der Waals surface area contributed by atoms with Crippen molar-refractivity contribution in [3.05, 3.63) is 28.8 Å². The molecule has 0 heterocycles. The standard InChI is InChI=1S/C15H20O4/c1-8(2)13(15(17)18)14(16)11-6-10(4)12(19-5)7-9(11)3/h6-8,13H,1-5H3,(H,17,18). The molecule has 4 heteroatoms. The van der Waals surface area contributed by atoms with E-state index in [0.717, 1.165) is 11.1 Å². The van der Waals surface area contributed by atoms with E-state index in [2.05, 4.69) is 0 Å². The van der Waals surface area contributed by atoms with Crippen LogP contribution in [-0.2, 0) is 4.79 Å². The van der Waals surface area contributed by atoms with E-state index < -0.39 is 11.9 Å². The Labute approximate surface area is 113 Å². The number of ketones is 1. The third-order valence-corrected chi connectivity index (χ3v) is 3.22. The number of aryl methyl sites for hydroxylation is 2. The summed E-state index contributed by atoms with van der Waals surface area (Å²) in [5, 5.41) is 9.19. The van der Waals surface area contributed by atoms with Crippen LogP contribution >= 0.6 is 0 Å². The van der Waals surface area contributed by atoms with Gasteiger partial charge >= 0.3 is 5.97 Å². The summed E-state index contributed by atoms with van der Waals surface area (Å²) in [7, 11) is 1.57. The number of rotatable bonds is 5. The van der Waals surface area contributed by atoms with Crippen LogP contribution in [0.3, 0.4) is 0 Å². The third-order valence-electron chi connectivity index (χ3n) is 3.22. The lowest BCUT2D eigenvalue weighted by molar-refractivity contribution is -0.141. The number of carbonyl (C=O) groups is 2. The first-order valence-corrected chi connectivity index (χ1v) is 6.21. The van der Waals surface area contributed by atoms with Gasteiger partial charge in [-0.05, 0) is 43.0 Å². The number of methoxy groups -OCH3 is 1. The van der Waals surface area contributed by atoms with Crippen LogP contribution in [0.4, 0.5) is 0 Å². The zero-order chi connectivity index (χ0) is 14.7. The highest BCUT2D eigenvalue weighted by Gasteiger charge is 2.31. The summed E-state index contributed by atoms with van der Waals surface area (Å²) >= 11 is 0. The summed E-state index contributed by atoms with van der Waals surface area (Å²) in [5.41, 5.74) is 2.02. The topological polar surface area (TPSA) is 63.6 Å². The summed E-state index contributed by atoms with van der Waals surface area (Å²) in [6, 6.07) is 3.47. The molecule has 0 bridgehead atoms. The summed E-state index contributed by atoms with van der Waals surface area (Å²) in [5.74, 6) is -1.97. The molecule has 0 saturated heterocycles. The number of hydrogen-bond donors (Lipinski definition) is 1. The molecule has 0 fully saturated rings. The normalized spacial score (nSPS) is 12.3. The molecule has 0 saturated carbocycles. The minimum atomic E-state index is -1.08. The highest BCUT2D eigenvalue weighted by atomic mass is 16.5. The molecule has 0 radical (unpaired) electrons. The van der Waals surface area contributed by atoms with Gasteiger partial charge in [0.05, 0.1) is 7.11 Å². The Kier molecular flexibility index (Phi) is 4.70. The van der Waals surface area contributed by atoms with E-state index in [0.29, 0.717) is 11.3 Å². The summed E-state index contributed by atoms with van der Waals surface area (Å²) in [6.45, 7) is 7.10. The van der Waals surface area contributed by atoms with Gasteiger partial charge in [0.15, 0.2) is 5.78 Å². The molecule has 0 aromatic heterocycles. The van der Waals surface area contributed by atoms with Crippen molar-refractivity contribution in [2.45, 2.75) is 27.7 Å². The summed E-state index contributed by atoms with van der Waals surface area (Å²) in [6.07, 6.45) is 0. The van der Waals surface area contributed by atoms with Crippen LogP contribution < -0.4 is 4.74 Å². The predicted molar refractivity (Wildman–Crippen MR) is 72.8 cm³/mol. The van der Waals surface area contributed by atoms with E-state index in [1.807, 2.05) is 6.92 Å². The van der Waals surface area contributed by atoms with Crippen LogP contribution in [0.2, 0.25) is 0 Å². The second kappa shape index (κ2) is 5.87. The van der Waals surface area contributed by atoms with Gasteiger partial charge in [0, 0.05) is 5.56 Å². The molecule has 0 aliphatic rings. The highest BCUT2D eigenvalue weighted by molar-refractivity contribution is 6.09.